The Bertz CT molecular complexity index is 2750. The smallest absolute Gasteiger partial charge is 0.229 e. The molecule has 0 saturated carbocycles. The molecule has 8 rings (SSSR count). The first-order valence-corrected chi connectivity index (χ1v) is 19.2. The van der Waals surface area contributed by atoms with Crippen molar-refractivity contribution in [3.05, 3.63) is 150 Å². The third-order valence-corrected chi connectivity index (χ3v) is 10.8. The number of oxazole rings is 1. The van der Waals surface area contributed by atoms with Crippen LogP contribution in [-0.2, 0) is 10.8 Å². The molecule has 4 heteroatoms. The average molecular weight is 721 g/mol. The van der Waals surface area contributed by atoms with Gasteiger partial charge >= 0.3 is 0 Å². The van der Waals surface area contributed by atoms with Crippen LogP contribution in [-0.4, -0.2) is 16.3 Å². The van der Waals surface area contributed by atoms with Crippen LogP contribution in [0.3, 0.4) is 0 Å². The zero-order chi connectivity index (χ0) is 38.6. The molecule has 0 radical (unpaired) electrons. The molecule has 274 valence electrons. The van der Waals surface area contributed by atoms with Crippen molar-refractivity contribution in [2.75, 3.05) is 0 Å². The second kappa shape index (κ2) is 13.7. The van der Waals surface area contributed by atoms with E-state index in [1.807, 2.05) is 30.3 Å². The number of nitrogens with zero attached hydrogens (tertiary/aromatic N) is 2. The molecule has 0 spiro atoms. The van der Waals surface area contributed by atoms with Crippen LogP contribution >= 0.6 is 0 Å². The molecular weight excluding hydrogens is 673 g/mol. The van der Waals surface area contributed by atoms with Gasteiger partial charge in [0, 0.05) is 22.7 Å². The van der Waals surface area contributed by atoms with Gasteiger partial charge in [-0.05, 0) is 96.6 Å². The van der Waals surface area contributed by atoms with Crippen LogP contribution < -0.4 is 0 Å². The molecule has 55 heavy (non-hydrogen) atoms. The number of aromatic nitrogens is 1. The van der Waals surface area contributed by atoms with Crippen LogP contribution in [0.25, 0.3) is 66.4 Å². The standard InChI is InChI=1S/C51H48N2O2/c1-31(2)32-17-19-34(20-18-32)38-24-25-42(41-16-12-11-15-40(38)41)44-28-37(51(6,7)8)29-46-48(44)53-49(55-46)43-23-21-33-13-9-10-14-39(33)47(43)52-30-35-27-36(50(3,4)5)22-26-45(35)54/h9-31,54H,1-8H3. The van der Waals surface area contributed by atoms with Gasteiger partial charge in [-0.15, -0.1) is 0 Å². The van der Waals surface area contributed by atoms with E-state index in [0.717, 1.165) is 55.2 Å². The van der Waals surface area contributed by atoms with Gasteiger partial charge < -0.3 is 9.52 Å². The van der Waals surface area contributed by atoms with Crippen molar-refractivity contribution in [1.82, 2.24) is 4.98 Å². The molecule has 0 amide bonds. The first-order valence-electron chi connectivity index (χ1n) is 19.2. The van der Waals surface area contributed by atoms with Crippen molar-refractivity contribution < 1.29 is 9.52 Å². The third-order valence-electron chi connectivity index (χ3n) is 10.8. The molecule has 0 atom stereocenters. The van der Waals surface area contributed by atoms with Crippen molar-refractivity contribution in [2.24, 2.45) is 4.99 Å². The maximum atomic E-state index is 10.9. The predicted molar refractivity (Wildman–Crippen MR) is 232 cm³/mol. The van der Waals surface area contributed by atoms with E-state index < -0.39 is 0 Å². The summed E-state index contributed by atoms with van der Waals surface area (Å²) in [6, 6.07) is 44.7. The Kier molecular flexibility index (Phi) is 8.96. The second-order valence-corrected chi connectivity index (χ2v) is 17.1. The summed E-state index contributed by atoms with van der Waals surface area (Å²) in [6.45, 7) is 17.7. The summed E-state index contributed by atoms with van der Waals surface area (Å²) in [4.78, 5) is 10.4. The zero-order valence-electron chi connectivity index (χ0n) is 33.0. The Morgan fingerprint density at radius 1 is 0.618 bits per heavy atom. The van der Waals surface area contributed by atoms with Gasteiger partial charge in [0.1, 0.15) is 11.3 Å². The molecule has 0 aliphatic carbocycles. The summed E-state index contributed by atoms with van der Waals surface area (Å²) in [5.74, 6) is 1.17. The van der Waals surface area contributed by atoms with Crippen LogP contribution in [0.2, 0.25) is 0 Å². The summed E-state index contributed by atoms with van der Waals surface area (Å²) in [7, 11) is 0. The van der Waals surface area contributed by atoms with E-state index in [9.17, 15) is 5.11 Å². The molecule has 7 aromatic carbocycles. The summed E-state index contributed by atoms with van der Waals surface area (Å²) < 4.78 is 6.78. The largest absolute Gasteiger partial charge is 0.507 e. The summed E-state index contributed by atoms with van der Waals surface area (Å²) >= 11 is 0. The Balaban J connectivity index is 1.32. The third kappa shape index (κ3) is 6.82. The van der Waals surface area contributed by atoms with Crippen LogP contribution in [0.1, 0.15) is 83.6 Å². The highest BCUT2D eigenvalue weighted by atomic mass is 16.3. The Morgan fingerprint density at radius 3 is 1.95 bits per heavy atom. The normalized spacial score (nSPS) is 12.5. The molecule has 0 unspecified atom stereocenters. The number of aliphatic imine (C=N–C) groups is 1. The van der Waals surface area contributed by atoms with E-state index in [1.165, 1.54) is 27.6 Å². The van der Waals surface area contributed by atoms with E-state index in [-0.39, 0.29) is 16.6 Å². The van der Waals surface area contributed by atoms with Crippen LogP contribution in [0.5, 0.6) is 5.75 Å². The van der Waals surface area contributed by atoms with Crippen LogP contribution in [0.4, 0.5) is 5.69 Å². The Hall–Kier alpha value is -6.00. The topological polar surface area (TPSA) is 58.6 Å². The highest BCUT2D eigenvalue weighted by Crippen LogP contribution is 2.44. The first kappa shape index (κ1) is 36.0. The van der Waals surface area contributed by atoms with Gasteiger partial charge in [-0.1, -0.05) is 152 Å². The van der Waals surface area contributed by atoms with Crippen molar-refractivity contribution in [1.29, 1.82) is 0 Å². The van der Waals surface area contributed by atoms with Gasteiger partial charge in [0.25, 0.3) is 0 Å². The maximum absolute atomic E-state index is 10.9. The number of benzene rings is 7. The number of rotatable bonds is 6. The average Bonchev–Trinajstić information content (AvgIpc) is 3.60. The fourth-order valence-electron chi connectivity index (χ4n) is 7.44. The molecule has 0 saturated heterocycles. The molecule has 0 fully saturated rings. The van der Waals surface area contributed by atoms with Gasteiger partial charge in [-0.2, -0.15) is 0 Å². The summed E-state index contributed by atoms with van der Waals surface area (Å²) in [5, 5.41) is 15.3. The minimum absolute atomic E-state index is 0.0760. The van der Waals surface area contributed by atoms with Crippen molar-refractivity contribution in [2.45, 2.75) is 72.1 Å². The molecule has 4 nitrogen and oxygen atoms in total. The second-order valence-electron chi connectivity index (χ2n) is 17.1. The number of phenols is 1. The molecule has 1 aromatic heterocycles. The number of hydrogen-bond donors (Lipinski definition) is 1. The van der Waals surface area contributed by atoms with Gasteiger partial charge in [-0.3, -0.25) is 4.99 Å². The van der Waals surface area contributed by atoms with E-state index in [2.05, 4.69) is 146 Å². The van der Waals surface area contributed by atoms with Crippen LogP contribution in [0.15, 0.2) is 137 Å². The minimum atomic E-state index is -0.133. The van der Waals surface area contributed by atoms with Crippen LogP contribution in [0, 0.1) is 0 Å². The quantitative estimate of drug-likeness (QED) is 0.174. The fraction of sp³-hybridized carbons (Fsp3) is 0.216. The van der Waals surface area contributed by atoms with Crippen molar-refractivity contribution in [3.63, 3.8) is 0 Å². The molecule has 0 aliphatic heterocycles. The van der Waals surface area contributed by atoms with Gasteiger partial charge in [0.05, 0.1) is 11.3 Å². The Morgan fingerprint density at radius 2 is 1.25 bits per heavy atom. The van der Waals surface area contributed by atoms with E-state index >= 15 is 0 Å². The lowest BCUT2D eigenvalue weighted by Crippen LogP contribution is -2.11. The van der Waals surface area contributed by atoms with Gasteiger partial charge in [-0.25, -0.2) is 4.98 Å². The van der Waals surface area contributed by atoms with E-state index in [1.54, 1.807) is 12.3 Å². The fourth-order valence-corrected chi connectivity index (χ4v) is 7.44. The number of phenolic OH excluding ortho intramolecular Hbond substituents is 1. The molecule has 8 aromatic rings. The number of hydrogen-bond acceptors (Lipinski definition) is 4. The molecular formula is C51H48N2O2. The highest BCUT2D eigenvalue weighted by molar-refractivity contribution is 6.09. The molecule has 0 aliphatic rings. The van der Waals surface area contributed by atoms with Crippen molar-refractivity contribution >= 4 is 44.5 Å². The lowest BCUT2D eigenvalue weighted by Gasteiger charge is -2.20. The first-order chi connectivity index (χ1) is 26.3. The summed E-state index contributed by atoms with van der Waals surface area (Å²) in [6.07, 6.45) is 1.76. The van der Waals surface area contributed by atoms with Gasteiger partial charge in [0.2, 0.25) is 5.89 Å². The molecule has 1 heterocycles. The number of aromatic hydroxyl groups is 1. The predicted octanol–water partition coefficient (Wildman–Crippen LogP) is 14.3. The van der Waals surface area contributed by atoms with E-state index in [4.69, 9.17) is 14.4 Å². The van der Waals surface area contributed by atoms with E-state index in [0.29, 0.717) is 17.4 Å². The monoisotopic (exact) mass is 720 g/mol. The minimum Gasteiger partial charge on any atom is -0.507 e. The summed E-state index contributed by atoms with van der Waals surface area (Å²) in [5.41, 5.74) is 11.7. The SMILES string of the molecule is CC(C)c1ccc(-c2ccc(-c3cc(C(C)(C)C)cc4oc(-c5ccc6ccccc6c5N=Cc5cc(C(C)(C)C)ccc5O)nc34)c3ccccc23)cc1. The Labute approximate surface area is 324 Å². The molecule has 0 bridgehead atoms. The number of fused-ring (bicyclic) bond motifs is 3. The molecule has 1 N–H and O–H groups in total. The highest BCUT2D eigenvalue weighted by Gasteiger charge is 2.24. The maximum Gasteiger partial charge on any atom is 0.229 e. The zero-order valence-corrected chi connectivity index (χ0v) is 33.0. The van der Waals surface area contributed by atoms with Gasteiger partial charge in [0.15, 0.2) is 5.58 Å². The lowest BCUT2D eigenvalue weighted by molar-refractivity contribution is 0.473. The van der Waals surface area contributed by atoms with Crippen molar-refractivity contribution in [3.8, 4) is 39.5 Å². The lowest BCUT2D eigenvalue weighted by atomic mass is 9.84.